The fourth-order valence-corrected chi connectivity index (χ4v) is 3.04. The molecule has 1 nitrogen and oxygen atoms in total. The zero-order valence-electron chi connectivity index (χ0n) is 8.49. The van der Waals surface area contributed by atoms with Crippen molar-refractivity contribution in [2.75, 3.05) is 5.75 Å². The fourth-order valence-electron chi connectivity index (χ4n) is 1.80. The lowest BCUT2D eigenvalue weighted by Gasteiger charge is -2.11. The molecular weight excluding hydrogens is 192 g/mol. The molecule has 1 aromatic carbocycles. The molecule has 1 unspecified atom stereocenters. The van der Waals surface area contributed by atoms with Gasteiger partial charge in [0.1, 0.15) is 5.78 Å². The second-order valence-corrected chi connectivity index (χ2v) is 5.02. The number of hydrogen-bond donors (Lipinski definition) is 0. The SMILES string of the molecule is CC(C)C(=O)C1CSc2ccccc21. The average molecular weight is 206 g/mol. The molecule has 0 saturated carbocycles. The second kappa shape index (κ2) is 3.77. The van der Waals surface area contributed by atoms with Crippen LogP contribution in [0.1, 0.15) is 25.3 Å². The molecule has 2 rings (SSSR count). The Hall–Kier alpha value is -0.760. The van der Waals surface area contributed by atoms with E-state index in [-0.39, 0.29) is 11.8 Å². The lowest BCUT2D eigenvalue weighted by Crippen LogP contribution is -2.17. The summed E-state index contributed by atoms with van der Waals surface area (Å²) in [5.41, 5.74) is 1.23. The van der Waals surface area contributed by atoms with Gasteiger partial charge < -0.3 is 0 Å². The molecule has 0 saturated heterocycles. The first-order valence-electron chi connectivity index (χ1n) is 4.95. The first-order valence-corrected chi connectivity index (χ1v) is 5.94. The van der Waals surface area contributed by atoms with E-state index in [4.69, 9.17) is 0 Å². The predicted molar refractivity (Wildman–Crippen MR) is 59.8 cm³/mol. The Labute approximate surface area is 88.9 Å². The molecule has 0 aliphatic carbocycles. The Morgan fingerprint density at radius 1 is 1.43 bits per heavy atom. The normalized spacial score (nSPS) is 19.8. The Morgan fingerprint density at radius 3 is 2.86 bits per heavy atom. The molecule has 0 bridgehead atoms. The van der Waals surface area contributed by atoms with Gasteiger partial charge in [-0.05, 0) is 11.6 Å². The molecule has 1 atom stereocenters. The van der Waals surface area contributed by atoms with Gasteiger partial charge in [-0.1, -0.05) is 32.0 Å². The highest BCUT2D eigenvalue weighted by molar-refractivity contribution is 7.99. The Kier molecular flexibility index (Phi) is 2.64. The molecule has 1 heterocycles. The number of fused-ring (bicyclic) bond motifs is 1. The highest BCUT2D eigenvalue weighted by atomic mass is 32.2. The average Bonchev–Trinajstić information content (AvgIpc) is 2.60. The summed E-state index contributed by atoms with van der Waals surface area (Å²) in [5.74, 6) is 1.58. The van der Waals surface area contributed by atoms with Crippen LogP contribution in [0.3, 0.4) is 0 Å². The van der Waals surface area contributed by atoms with Gasteiger partial charge in [0.25, 0.3) is 0 Å². The largest absolute Gasteiger partial charge is 0.299 e. The summed E-state index contributed by atoms with van der Waals surface area (Å²) >= 11 is 1.80. The van der Waals surface area contributed by atoms with E-state index in [0.717, 1.165) is 5.75 Å². The van der Waals surface area contributed by atoms with E-state index in [1.54, 1.807) is 11.8 Å². The van der Waals surface area contributed by atoms with Gasteiger partial charge in [0, 0.05) is 16.6 Å². The number of ketones is 1. The van der Waals surface area contributed by atoms with Crippen LogP contribution in [-0.4, -0.2) is 11.5 Å². The molecular formula is C12H14OS. The summed E-state index contributed by atoms with van der Waals surface area (Å²) in [7, 11) is 0. The monoisotopic (exact) mass is 206 g/mol. The molecule has 0 fully saturated rings. The van der Waals surface area contributed by atoms with Crippen molar-refractivity contribution in [1.29, 1.82) is 0 Å². The maximum atomic E-state index is 11.9. The van der Waals surface area contributed by atoms with E-state index in [2.05, 4.69) is 12.1 Å². The number of hydrogen-bond acceptors (Lipinski definition) is 2. The third-order valence-electron chi connectivity index (χ3n) is 2.61. The van der Waals surface area contributed by atoms with Gasteiger partial charge in [0.2, 0.25) is 0 Å². The molecule has 0 amide bonds. The van der Waals surface area contributed by atoms with E-state index in [1.807, 2.05) is 26.0 Å². The number of carbonyl (C=O) groups is 1. The number of Topliss-reactive ketones (excluding diaryl/α,β-unsaturated/α-hetero) is 1. The molecule has 1 aromatic rings. The minimum atomic E-state index is 0.135. The smallest absolute Gasteiger partial charge is 0.143 e. The first-order chi connectivity index (χ1) is 6.70. The number of carbonyl (C=O) groups excluding carboxylic acids is 1. The van der Waals surface area contributed by atoms with E-state index < -0.39 is 0 Å². The fraction of sp³-hybridized carbons (Fsp3) is 0.417. The molecule has 2 heteroatoms. The Morgan fingerprint density at radius 2 is 2.14 bits per heavy atom. The van der Waals surface area contributed by atoms with Crippen LogP contribution in [0.4, 0.5) is 0 Å². The van der Waals surface area contributed by atoms with Gasteiger partial charge in [0.15, 0.2) is 0 Å². The molecule has 0 aromatic heterocycles. The van der Waals surface area contributed by atoms with Crippen molar-refractivity contribution in [2.45, 2.75) is 24.7 Å². The van der Waals surface area contributed by atoms with Crippen molar-refractivity contribution in [3.63, 3.8) is 0 Å². The van der Waals surface area contributed by atoms with Gasteiger partial charge in [-0.25, -0.2) is 0 Å². The Bertz CT molecular complexity index is 357. The first kappa shape index (κ1) is 9.78. The lowest BCUT2D eigenvalue weighted by molar-refractivity contribution is -0.122. The van der Waals surface area contributed by atoms with E-state index in [0.29, 0.717) is 5.78 Å². The van der Waals surface area contributed by atoms with Crippen LogP contribution >= 0.6 is 11.8 Å². The zero-order valence-corrected chi connectivity index (χ0v) is 9.30. The summed E-state index contributed by atoms with van der Waals surface area (Å²) in [4.78, 5) is 13.2. The third-order valence-corrected chi connectivity index (χ3v) is 3.80. The second-order valence-electron chi connectivity index (χ2n) is 3.96. The van der Waals surface area contributed by atoms with Crippen molar-refractivity contribution in [3.8, 4) is 0 Å². The molecule has 0 spiro atoms. The minimum Gasteiger partial charge on any atom is -0.299 e. The third kappa shape index (κ3) is 1.59. The molecule has 0 radical (unpaired) electrons. The van der Waals surface area contributed by atoms with E-state index in [9.17, 15) is 4.79 Å². The van der Waals surface area contributed by atoms with Gasteiger partial charge in [-0.2, -0.15) is 0 Å². The van der Waals surface area contributed by atoms with Crippen LogP contribution in [0.2, 0.25) is 0 Å². The van der Waals surface area contributed by atoms with E-state index in [1.165, 1.54) is 10.5 Å². The quantitative estimate of drug-likeness (QED) is 0.739. The summed E-state index contributed by atoms with van der Waals surface area (Å²) in [6, 6.07) is 8.24. The van der Waals surface area contributed by atoms with Crippen LogP contribution in [0.15, 0.2) is 29.2 Å². The van der Waals surface area contributed by atoms with Crippen LogP contribution in [0.5, 0.6) is 0 Å². The van der Waals surface area contributed by atoms with E-state index >= 15 is 0 Å². The Balaban J connectivity index is 2.30. The molecule has 1 aliphatic rings. The highest BCUT2D eigenvalue weighted by Gasteiger charge is 2.29. The van der Waals surface area contributed by atoms with Crippen LogP contribution in [0, 0.1) is 5.92 Å². The minimum absolute atomic E-state index is 0.135. The summed E-state index contributed by atoms with van der Waals surface area (Å²) < 4.78 is 0. The van der Waals surface area contributed by atoms with Gasteiger partial charge in [0.05, 0.1) is 5.92 Å². The van der Waals surface area contributed by atoms with Gasteiger partial charge in [-0.15, -0.1) is 11.8 Å². The summed E-state index contributed by atoms with van der Waals surface area (Å²) in [6.45, 7) is 3.96. The molecule has 74 valence electrons. The summed E-state index contributed by atoms with van der Waals surface area (Å²) in [6.07, 6.45) is 0. The number of thioether (sulfide) groups is 1. The standard InChI is InChI=1S/C12H14OS/c1-8(2)12(13)10-7-14-11-6-4-3-5-9(10)11/h3-6,8,10H,7H2,1-2H3. The topological polar surface area (TPSA) is 17.1 Å². The predicted octanol–water partition coefficient (Wildman–Crippen LogP) is 3.10. The molecule has 0 N–H and O–H groups in total. The highest BCUT2D eigenvalue weighted by Crippen LogP contribution is 2.40. The maximum absolute atomic E-state index is 11.9. The van der Waals surface area contributed by atoms with Gasteiger partial charge >= 0.3 is 0 Å². The van der Waals surface area contributed by atoms with Crippen LogP contribution in [-0.2, 0) is 4.79 Å². The number of rotatable bonds is 2. The maximum Gasteiger partial charge on any atom is 0.143 e. The van der Waals surface area contributed by atoms with Crippen molar-refractivity contribution >= 4 is 17.5 Å². The molecule has 1 aliphatic heterocycles. The number of benzene rings is 1. The van der Waals surface area contributed by atoms with Crippen molar-refractivity contribution in [1.82, 2.24) is 0 Å². The van der Waals surface area contributed by atoms with Gasteiger partial charge in [-0.3, -0.25) is 4.79 Å². The molecule has 14 heavy (non-hydrogen) atoms. The van der Waals surface area contributed by atoms with Crippen molar-refractivity contribution in [3.05, 3.63) is 29.8 Å². The lowest BCUT2D eigenvalue weighted by atomic mass is 9.91. The summed E-state index contributed by atoms with van der Waals surface area (Å²) in [5, 5.41) is 0. The van der Waals surface area contributed by atoms with Crippen LogP contribution in [0.25, 0.3) is 0 Å². The van der Waals surface area contributed by atoms with Crippen molar-refractivity contribution < 1.29 is 4.79 Å². The van der Waals surface area contributed by atoms with Crippen LogP contribution < -0.4 is 0 Å². The van der Waals surface area contributed by atoms with Crippen molar-refractivity contribution in [2.24, 2.45) is 5.92 Å². The zero-order chi connectivity index (χ0) is 10.1.